The minimum Gasteiger partial charge on any atom is -0.496 e. The lowest BCUT2D eigenvalue weighted by Crippen LogP contribution is -2.60. The Labute approximate surface area is 206 Å². The van der Waals surface area contributed by atoms with Crippen molar-refractivity contribution in [3.63, 3.8) is 0 Å². The Balaban J connectivity index is 1.32. The third-order valence-corrected chi connectivity index (χ3v) is 9.01. The van der Waals surface area contributed by atoms with Crippen LogP contribution >= 0.6 is 0 Å². The van der Waals surface area contributed by atoms with Gasteiger partial charge in [-0.05, 0) is 87.6 Å². The van der Waals surface area contributed by atoms with Crippen LogP contribution in [0.3, 0.4) is 0 Å². The number of fused-ring (bicyclic) bond motifs is 7. The molecule has 1 amide bonds. The van der Waals surface area contributed by atoms with Gasteiger partial charge in [0.25, 0.3) is 0 Å². The highest BCUT2D eigenvalue weighted by Crippen LogP contribution is 2.45. The van der Waals surface area contributed by atoms with Crippen molar-refractivity contribution in [2.45, 2.75) is 70.9 Å². The zero-order valence-corrected chi connectivity index (χ0v) is 21.1. The van der Waals surface area contributed by atoms with Crippen molar-refractivity contribution >= 4 is 16.9 Å². The first-order valence-electron chi connectivity index (χ1n) is 13.3. The summed E-state index contributed by atoms with van der Waals surface area (Å²) in [5.74, 6) is 1.85. The van der Waals surface area contributed by atoms with Crippen LogP contribution in [0.1, 0.15) is 55.2 Å². The molecule has 6 heteroatoms. The summed E-state index contributed by atoms with van der Waals surface area (Å²) in [7, 11) is 1.62. The molecule has 3 fully saturated rings. The van der Waals surface area contributed by atoms with Crippen LogP contribution < -0.4 is 10.4 Å². The number of methoxy groups -OCH3 is 1. The van der Waals surface area contributed by atoms with Crippen molar-refractivity contribution in [2.24, 2.45) is 11.8 Å². The summed E-state index contributed by atoms with van der Waals surface area (Å²) in [5, 5.41) is 0.781. The number of amides is 1. The van der Waals surface area contributed by atoms with Crippen molar-refractivity contribution in [3.05, 3.63) is 50.9 Å². The summed E-state index contributed by atoms with van der Waals surface area (Å²) < 4.78 is 11.3. The Kier molecular flexibility index (Phi) is 5.75. The van der Waals surface area contributed by atoms with Crippen LogP contribution in [-0.4, -0.2) is 54.5 Å². The summed E-state index contributed by atoms with van der Waals surface area (Å²) in [6.07, 6.45) is 9.85. The van der Waals surface area contributed by atoms with E-state index in [4.69, 9.17) is 9.15 Å². The van der Waals surface area contributed by atoms with Gasteiger partial charge in [0, 0.05) is 19.1 Å². The number of benzene rings is 1. The first-order valence-corrected chi connectivity index (χ1v) is 13.3. The van der Waals surface area contributed by atoms with Crippen LogP contribution in [-0.2, 0) is 11.2 Å². The molecule has 1 aromatic heterocycles. The zero-order chi connectivity index (χ0) is 24.3. The first-order chi connectivity index (χ1) is 16.9. The second-order valence-electron chi connectivity index (χ2n) is 11.1. The van der Waals surface area contributed by atoms with Crippen LogP contribution in [0.25, 0.3) is 11.0 Å². The second-order valence-corrected chi connectivity index (χ2v) is 11.1. The van der Waals surface area contributed by atoms with E-state index in [-0.39, 0.29) is 18.4 Å². The first kappa shape index (κ1) is 22.8. The molecule has 0 spiro atoms. The highest BCUT2D eigenvalue weighted by Gasteiger charge is 2.46. The van der Waals surface area contributed by atoms with Gasteiger partial charge in [-0.2, -0.15) is 0 Å². The maximum Gasteiger partial charge on any atom is 0.340 e. The Morgan fingerprint density at radius 2 is 2.03 bits per heavy atom. The van der Waals surface area contributed by atoms with E-state index in [0.717, 1.165) is 42.4 Å². The number of carbonyl (C=O) groups excluding carboxylic acids is 1. The van der Waals surface area contributed by atoms with Crippen molar-refractivity contribution in [1.82, 2.24) is 9.80 Å². The summed E-state index contributed by atoms with van der Waals surface area (Å²) in [6, 6.07) is 4.68. The third-order valence-electron chi connectivity index (χ3n) is 9.01. The molecule has 6 nitrogen and oxygen atoms in total. The Bertz CT molecular complexity index is 1260. The van der Waals surface area contributed by atoms with Crippen molar-refractivity contribution in [1.29, 1.82) is 0 Å². The van der Waals surface area contributed by atoms with E-state index < -0.39 is 5.63 Å². The molecule has 6 rings (SSSR count). The predicted molar refractivity (Wildman–Crippen MR) is 136 cm³/mol. The molecule has 3 saturated heterocycles. The largest absolute Gasteiger partial charge is 0.496 e. The number of ether oxygens (including phenoxy) is 1. The molecule has 2 aromatic rings. The Morgan fingerprint density at radius 1 is 1.17 bits per heavy atom. The van der Waals surface area contributed by atoms with Crippen LogP contribution in [0.2, 0.25) is 0 Å². The number of hydrogen-bond acceptors (Lipinski definition) is 5. The molecule has 0 saturated carbocycles. The maximum atomic E-state index is 13.8. The molecule has 3 aliphatic heterocycles. The third kappa shape index (κ3) is 3.81. The van der Waals surface area contributed by atoms with E-state index in [1.807, 2.05) is 26.0 Å². The molecule has 0 radical (unpaired) electrons. The van der Waals surface area contributed by atoms with Gasteiger partial charge in [0.05, 0.1) is 30.5 Å². The molecule has 1 aromatic carbocycles. The normalized spacial score (nSPS) is 28.3. The predicted octanol–water partition coefficient (Wildman–Crippen LogP) is 4.38. The molecule has 0 N–H and O–H groups in total. The van der Waals surface area contributed by atoms with Gasteiger partial charge in [0.15, 0.2) is 0 Å². The van der Waals surface area contributed by atoms with E-state index in [9.17, 15) is 9.59 Å². The number of piperidine rings is 3. The van der Waals surface area contributed by atoms with E-state index in [0.29, 0.717) is 34.8 Å². The van der Waals surface area contributed by atoms with Gasteiger partial charge >= 0.3 is 5.63 Å². The maximum absolute atomic E-state index is 13.8. The molecule has 1 aliphatic carbocycles. The lowest BCUT2D eigenvalue weighted by atomic mass is 9.68. The van der Waals surface area contributed by atoms with Gasteiger partial charge in [-0.15, -0.1) is 0 Å². The van der Waals surface area contributed by atoms with Gasteiger partial charge in [-0.25, -0.2) is 4.79 Å². The summed E-state index contributed by atoms with van der Waals surface area (Å²) >= 11 is 0. The summed E-state index contributed by atoms with van der Waals surface area (Å²) in [4.78, 5) is 31.6. The molecule has 2 bridgehead atoms. The molecule has 4 atom stereocenters. The average molecular weight is 477 g/mol. The van der Waals surface area contributed by atoms with Crippen molar-refractivity contribution < 1.29 is 13.9 Å². The van der Waals surface area contributed by atoms with Gasteiger partial charge in [-0.3, -0.25) is 9.69 Å². The topological polar surface area (TPSA) is 63.0 Å². The molecule has 4 aliphatic rings. The summed E-state index contributed by atoms with van der Waals surface area (Å²) in [6.45, 7) is 6.92. The molecule has 186 valence electrons. The average Bonchev–Trinajstić information content (AvgIpc) is 2.85. The van der Waals surface area contributed by atoms with E-state index in [1.54, 1.807) is 7.11 Å². The monoisotopic (exact) mass is 476 g/mol. The van der Waals surface area contributed by atoms with Gasteiger partial charge in [-0.1, -0.05) is 18.1 Å². The number of aryl methyl sites for hydroxylation is 2. The zero-order valence-electron chi connectivity index (χ0n) is 21.1. The van der Waals surface area contributed by atoms with Crippen LogP contribution in [0.5, 0.6) is 5.75 Å². The molecular formula is C29H36N2O4. The van der Waals surface area contributed by atoms with Gasteiger partial charge in [0.1, 0.15) is 11.3 Å². The number of hydrogen-bond donors (Lipinski definition) is 0. The molecular weight excluding hydrogens is 440 g/mol. The minimum atomic E-state index is -0.415. The number of carbonyl (C=O) groups is 1. The van der Waals surface area contributed by atoms with Gasteiger partial charge in [0.2, 0.25) is 5.91 Å². The van der Waals surface area contributed by atoms with Crippen LogP contribution in [0, 0.1) is 25.7 Å². The van der Waals surface area contributed by atoms with Gasteiger partial charge < -0.3 is 14.1 Å². The number of likely N-dealkylation sites (tertiary alicyclic amines) is 1. The fourth-order valence-corrected chi connectivity index (χ4v) is 7.51. The molecule has 35 heavy (non-hydrogen) atoms. The number of rotatable bonds is 3. The van der Waals surface area contributed by atoms with Crippen LogP contribution in [0.15, 0.2) is 33.0 Å². The van der Waals surface area contributed by atoms with Crippen molar-refractivity contribution in [2.75, 3.05) is 26.7 Å². The van der Waals surface area contributed by atoms with E-state index >= 15 is 0 Å². The number of nitrogens with zero attached hydrogens (tertiary/aromatic N) is 2. The van der Waals surface area contributed by atoms with Crippen molar-refractivity contribution in [3.8, 4) is 5.75 Å². The van der Waals surface area contributed by atoms with E-state index in [1.165, 1.54) is 37.8 Å². The molecule has 4 heterocycles. The Hall–Kier alpha value is -2.60. The summed E-state index contributed by atoms with van der Waals surface area (Å²) in [5.41, 5.74) is 3.77. The smallest absolute Gasteiger partial charge is 0.340 e. The van der Waals surface area contributed by atoms with E-state index in [2.05, 4.69) is 15.9 Å². The molecule has 0 unspecified atom stereocenters. The quantitative estimate of drug-likeness (QED) is 0.486. The highest BCUT2D eigenvalue weighted by atomic mass is 16.5. The fourth-order valence-electron chi connectivity index (χ4n) is 7.51. The minimum absolute atomic E-state index is 0.0423. The highest BCUT2D eigenvalue weighted by molar-refractivity contribution is 5.90. The lowest BCUT2D eigenvalue weighted by molar-refractivity contribution is -0.135. The Morgan fingerprint density at radius 3 is 2.86 bits per heavy atom. The second kappa shape index (κ2) is 8.81. The standard InChI is InChI=1S/C29H36N2O4/c1-17-11-24(34-3)27-18(2)22(29(33)35-25(27)12-17)15-26(32)31-10-6-7-19-13-20-14-21(28(19)31)16-30-9-5-4-8-23(20)30/h11-13,20-21,23,28H,4-10,14-16H2,1-3H3/t20-,21-,23+,28+/m0/s1. The lowest BCUT2D eigenvalue weighted by Gasteiger charge is -2.54. The SMILES string of the molecule is COc1cc(C)cc2oc(=O)c(CC(=O)N3CCCC4=C[C@H]5C[C@@H](CN6CCCC[C@H]56)[C@@H]43)c(C)c12. The fraction of sp³-hybridized carbons (Fsp3) is 0.586. The van der Waals surface area contributed by atoms with Crippen LogP contribution in [0.4, 0.5) is 0 Å².